The van der Waals surface area contributed by atoms with E-state index in [1.54, 1.807) is 0 Å². The number of aliphatic hydroxyl groups is 1. The van der Waals surface area contributed by atoms with Gasteiger partial charge in [0, 0.05) is 22.8 Å². The Morgan fingerprint density at radius 1 is 0.762 bits per heavy atom. The summed E-state index contributed by atoms with van der Waals surface area (Å²) < 4.78 is 29.2. The Labute approximate surface area is 261 Å². The van der Waals surface area contributed by atoms with Gasteiger partial charge in [0.05, 0.1) is 12.4 Å². The van der Waals surface area contributed by atoms with Crippen molar-refractivity contribution in [3.63, 3.8) is 0 Å². The highest BCUT2D eigenvalue weighted by molar-refractivity contribution is 8.13. The normalized spacial score (nSPS) is 22.5. The number of aliphatic hydroxyl groups excluding tert-OH is 1. The van der Waals surface area contributed by atoms with Gasteiger partial charge in [0.1, 0.15) is 11.2 Å². The molecule has 0 radical (unpaired) electrons. The van der Waals surface area contributed by atoms with E-state index in [-0.39, 0.29) is 24.3 Å². The van der Waals surface area contributed by atoms with Crippen molar-refractivity contribution in [2.75, 3.05) is 25.9 Å². The first-order valence-electron chi connectivity index (χ1n) is 15.4. The van der Waals surface area contributed by atoms with E-state index in [4.69, 9.17) is 9.47 Å². The predicted molar refractivity (Wildman–Crippen MR) is 173 cm³/mol. The number of amides is 2. The number of nitrogens with zero attached hydrogens (tertiary/aromatic N) is 1. The van der Waals surface area contributed by atoms with Crippen LogP contribution in [0, 0.1) is 5.92 Å². The molecule has 0 aliphatic heterocycles. The summed E-state index contributed by atoms with van der Waals surface area (Å²) in [4.78, 5) is 25.3. The second-order valence-corrected chi connectivity index (χ2v) is 16.1. The molecule has 0 unspecified atom stereocenters. The van der Waals surface area contributed by atoms with Gasteiger partial charge >= 0.3 is 12.2 Å². The molecule has 0 atom stereocenters. The van der Waals surface area contributed by atoms with E-state index >= 15 is 0 Å². The lowest BCUT2D eigenvalue weighted by Gasteiger charge is -2.28. The van der Waals surface area contributed by atoms with Gasteiger partial charge in [0.2, 0.25) is 9.05 Å². The van der Waals surface area contributed by atoms with Crippen LogP contribution in [0.1, 0.15) is 121 Å². The molecule has 252 valence electrons. The topological polar surface area (TPSA) is 134 Å². The van der Waals surface area contributed by atoms with Crippen LogP contribution in [0.25, 0.3) is 0 Å². The minimum atomic E-state index is -3.19. The van der Waals surface area contributed by atoms with Crippen molar-refractivity contribution in [3.05, 3.63) is 0 Å². The molecular formula is C30H62ClN3O7S. The molecule has 2 saturated carbocycles. The Morgan fingerprint density at radius 2 is 1.05 bits per heavy atom. The van der Waals surface area contributed by atoms with Crippen LogP contribution in [0.4, 0.5) is 9.59 Å². The molecule has 2 rings (SSSR count). The van der Waals surface area contributed by atoms with Gasteiger partial charge in [-0.3, -0.25) is 0 Å². The maximum Gasteiger partial charge on any atom is 0.407 e. The molecule has 2 aliphatic rings. The van der Waals surface area contributed by atoms with Crippen molar-refractivity contribution in [1.82, 2.24) is 15.5 Å². The average Bonchev–Trinajstić information content (AvgIpc) is 2.81. The number of nitrogens with one attached hydrogen (secondary N) is 2. The van der Waals surface area contributed by atoms with Crippen LogP contribution < -0.4 is 10.6 Å². The van der Waals surface area contributed by atoms with E-state index in [1.807, 2.05) is 41.5 Å². The zero-order valence-corrected chi connectivity index (χ0v) is 29.8. The van der Waals surface area contributed by atoms with E-state index < -0.39 is 20.3 Å². The molecule has 42 heavy (non-hydrogen) atoms. The van der Waals surface area contributed by atoms with Crippen molar-refractivity contribution >= 4 is 31.9 Å². The lowest BCUT2D eigenvalue weighted by atomic mass is 9.87. The molecule has 2 aliphatic carbocycles. The van der Waals surface area contributed by atoms with Gasteiger partial charge in [-0.2, -0.15) is 0 Å². The van der Waals surface area contributed by atoms with Crippen LogP contribution in [0.2, 0.25) is 0 Å². The standard InChI is InChI=1S/C12H23NO2.C11H21NO3.C6H15N.CH3ClO2S/c1-9-5-7-10(8-6-9)13-11(14)15-12(2,3)4;1-11(2,3)15-10(14)12-8-4-6-9(13)7-5-8;1-4-7(5-2)6-3;1-5(2,3)4/h9-10H,5-8H2,1-4H3,(H,13,14);8-9,13H,4-7H2,1-3H3,(H,12,14);4-6H2,1-3H3;1H3. The first kappa shape index (κ1) is 42.8. The highest BCUT2D eigenvalue weighted by atomic mass is 35.7. The first-order valence-corrected chi connectivity index (χ1v) is 18.1. The van der Waals surface area contributed by atoms with Crippen molar-refractivity contribution < 1.29 is 32.6 Å². The molecule has 2 fully saturated rings. The third kappa shape index (κ3) is 30.2. The quantitative estimate of drug-likeness (QED) is 0.292. The smallest absolute Gasteiger partial charge is 0.407 e. The zero-order chi connectivity index (χ0) is 33.1. The summed E-state index contributed by atoms with van der Waals surface area (Å²) in [7, 11) is 1.31. The number of hydrogen-bond acceptors (Lipinski definition) is 8. The van der Waals surface area contributed by atoms with E-state index in [0.29, 0.717) is 6.04 Å². The van der Waals surface area contributed by atoms with Crippen LogP contribution >= 0.6 is 10.7 Å². The van der Waals surface area contributed by atoms with Gasteiger partial charge in [0.15, 0.2) is 0 Å². The minimum Gasteiger partial charge on any atom is -0.444 e. The summed E-state index contributed by atoms with van der Waals surface area (Å²) in [6, 6.07) is 0.472. The fourth-order valence-electron chi connectivity index (χ4n) is 4.24. The number of rotatable bonds is 5. The van der Waals surface area contributed by atoms with Gasteiger partial charge in [0.25, 0.3) is 0 Å². The molecular weight excluding hydrogens is 582 g/mol. The summed E-state index contributed by atoms with van der Waals surface area (Å²) in [5.41, 5.74) is -0.843. The van der Waals surface area contributed by atoms with Crippen molar-refractivity contribution in [2.45, 2.75) is 150 Å². The molecule has 0 aromatic heterocycles. The minimum absolute atomic E-state index is 0.156. The monoisotopic (exact) mass is 643 g/mol. The van der Waals surface area contributed by atoms with Gasteiger partial charge in [-0.05, 0) is 118 Å². The van der Waals surface area contributed by atoms with E-state index in [9.17, 15) is 23.1 Å². The molecule has 0 saturated heterocycles. The number of halogens is 1. The Hall–Kier alpha value is -1.30. The summed E-state index contributed by atoms with van der Waals surface area (Å²) in [6.45, 7) is 23.6. The Kier molecular flexibility index (Phi) is 21.8. The molecule has 0 spiro atoms. The molecule has 3 N–H and O–H groups in total. The predicted octanol–water partition coefficient (Wildman–Crippen LogP) is 6.44. The van der Waals surface area contributed by atoms with Gasteiger partial charge in [-0.15, -0.1) is 0 Å². The fraction of sp³-hybridized carbons (Fsp3) is 0.933. The van der Waals surface area contributed by atoms with Gasteiger partial charge in [-0.25, -0.2) is 18.0 Å². The summed E-state index contributed by atoms with van der Waals surface area (Å²) in [6.07, 6.45) is 7.88. The van der Waals surface area contributed by atoms with E-state index in [0.717, 1.165) is 50.7 Å². The Morgan fingerprint density at radius 3 is 1.29 bits per heavy atom. The second kappa shape index (κ2) is 21.4. The maximum atomic E-state index is 11.5. The van der Waals surface area contributed by atoms with Crippen molar-refractivity contribution in [2.24, 2.45) is 5.92 Å². The highest BCUT2D eigenvalue weighted by Gasteiger charge is 2.24. The van der Waals surface area contributed by atoms with Crippen LogP contribution in [-0.4, -0.2) is 85.9 Å². The number of hydrogen-bond donors (Lipinski definition) is 3. The SMILES string of the molecule is CC(C)(C)OC(=O)NC1CCC(O)CC1.CC1CCC(NC(=O)OC(C)(C)C)CC1.CCN(CC)CC.CS(=O)(=O)Cl. The molecule has 0 bridgehead atoms. The molecule has 10 nitrogen and oxygen atoms in total. The lowest BCUT2D eigenvalue weighted by Crippen LogP contribution is -2.41. The first-order chi connectivity index (χ1) is 19.1. The van der Waals surface area contributed by atoms with Crippen LogP contribution in [0.5, 0.6) is 0 Å². The summed E-state index contributed by atoms with van der Waals surface area (Å²) in [5, 5.41) is 15.1. The highest BCUT2D eigenvalue weighted by Crippen LogP contribution is 2.23. The largest absolute Gasteiger partial charge is 0.444 e. The number of carbonyl (C=O) groups is 2. The van der Waals surface area contributed by atoms with Crippen LogP contribution in [0.15, 0.2) is 0 Å². The van der Waals surface area contributed by atoms with Gasteiger partial charge < -0.3 is 30.1 Å². The maximum absolute atomic E-state index is 11.5. The Balaban J connectivity index is 0. The third-order valence-electron chi connectivity index (χ3n) is 6.50. The molecule has 12 heteroatoms. The van der Waals surface area contributed by atoms with Crippen molar-refractivity contribution in [3.8, 4) is 0 Å². The fourth-order valence-corrected chi connectivity index (χ4v) is 4.24. The summed E-state index contributed by atoms with van der Waals surface area (Å²) in [5.74, 6) is 0.807. The lowest BCUT2D eigenvalue weighted by molar-refractivity contribution is 0.0457. The summed E-state index contributed by atoms with van der Waals surface area (Å²) >= 11 is 0. The molecule has 0 aromatic carbocycles. The average molecular weight is 644 g/mol. The van der Waals surface area contributed by atoms with Crippen LogP contribution in [0.3, 0.4) is 0 Å². The second-order valence-electron chi connectivity index (χ2n) is 13.1. The molecule has 2 amide bonds. The number of carbonyl (C=O) groups excluding carboxylic acids is 2. The number of alkyl carbamates (subject to hydrolysis) is 2. The van der Waals surface area contributed by atoms with Crippen molar-refractivity contribution in [1.29, 1.82) is 0 Å². The molecule has 0 aromatic rings. The molecule has 0 heterocycles. The van der Waals surface area contributed by atoms with E-state index in [2.05, 4.69) is 53.9 Å². The van der Waals surface area contributed by atoms with Gasteiger partial charge in [-0.1, -0.05) is 27.7 Å². The number of ether oxygens (including phenoxy) is 2. The third-order valence-corrected chi connectivity index (χ3v) is 6.50. The Bertz CT molecular complexity index is 763. The van der Waals surface area contributed by atoms with E-state index in [1.165, 1.54) is 32.5 Å². The van der Waals surface area contributed by atoms with Crippen LogP contribution in [-0.2, 0) is 18.5 Å². The zero-order valence-electron chi connectivity index (χ0n) is 28.2.